The van der Waals surface area contributed by atoms with Crippen LogP contribution in [0.4, 0.5) is 0 Å². The Bertz CT molecular complexity index is 913. The first-order chi connectivity index (χ1) is 13.4. The molecular formula is C21H25NO5S. The van der Waals surface area contributed by atoms with Gasteiger partial charge in [-0.3, -0.25) is 4.79 Å². The Balaban J connectivity index is 1.70. The molecule has 1 amide bonds. The number of hydrogen-bond donors (Lipinski definition) is 0. The van der Waals surface area contributed by atoms with E-state index in [4.69, 9.17) is 8.92 Å². The fraction of sp³-hybridized carbons (Fsp3) is 0.381. The van der Waals surface area contributed by atoms with E-state index in [2.05, 4.69) is 12.1 Å². The van der Waals surface area contributed by atoms with Gasteiger partial charge in [0.15, 0.2) is 0 Å². The van der Waals surface area contributed by atoms with Crippen LogP contribution in [0.15, 0.2) is 54.6 Å². The van der Waals surface area contributed by atoms with Crippen LogP contribution in [-0.4, -0.2) is 45.7 Å². The number of rotatable bonds is 9. The molecule has 0 heterocycles. The summed E-state index contributed by atoms with van der Waals surface area (Å²) in [5.41, 5.74) is 2.00. The summed E-state index contributed by atoms with van der Waals surface area (Å²) in [6.07, 6.45) is 1.86. The normalized spacial score (nSPS) is 18.5. The highest BCUT2D eigenvalue weighted by molar-refractivity contribution is 7.86. The van der Waals surface area contributed by atoms with Crippen molar-refractivity contribution in [3.8, 4) is 5.75 Å². The number of ether oxygens (including phenoxy) is 1. The van der Waals surface area contributed by atoms with Crippen LogP contribution >= 0.6 is 0 Å². The summed E-state index contributed by atoms with van der Waals surface area (Å²) in [5.74, 6) is 0.585. The molecule has 6 nitrogen and oxygen atoms in total. The van der Waals surface area contributed by atoms with E-state index in [1.54, 1.807) is 30.2 Å². The minimum atomic E-state index is -3.59. The molecule has 2 aromatic carbocycles. The smallest absolute Gasteiger partial charge is 0.306 e. The van der Waals surface area contributed by atoms with Crippen molar-refractivity contribution in [2.75, 3.05) is 26.5 Å². The molecule has 1 aliphatic rings. The van der Waals surface area contributed by atoms with Gasteiger partial charge in [0, 0.05) is 26.1 Å². The average Bonchev–Trinajstić information content (AvgIpc) is 3.45. The van der Waals surface area contributed by atoms with Gasteiger partial charge in [-0.1, -0.05) is 42.5 Å². The molecule has 0 N–H and O–H groups in total. The van der Waals surface area contributed by atoms with Crippen LogP contribution in [0.5, 0.6) is 5.75 Å². The fourth-order valence-electron chi connectivity index (χ4n) is 3.33. The zero-order valence-corrected chi connectivity index (χ0v) is 16.9. The Morgan fingerprint density at radius 1 is 1.14 bits per heavy atom. The van der Waals surface area contributed by atoms with Crippen LogP contribution in [-0.2, 0) is 26.2 Å². The SMILES string of the molecule is COCCN(Cc1cccc(OS(C)(=O)=O)c1)C(=O)C1CC1c1ccccc1. The first kappa shape index (κ1) is 20.4. The lowest BCUT2D eigenvalue weighted by atomic mass is 10.1. The Labute approximate surface area is 166 Å². The summed E-state index contributed by atoms with van der Waals surface area (Å²) in [5, 5.41) is 0. The van der Waals surface area contributed by atoms with E-state index in [0.29, 0.717) is 19.7 Å². The number of carbonyl (C=O) groups excluding carboxylic acids is 1. The molecule has 2 unspecified atom stereocenters. The van der Waals surface area contributed by atoms with Gasteiger partial charge in [-0.2, -0.15) is 8.42 Å². The summed E-state index contributed by atoms with van der Waals surface area (Å²) < 4.78 is 32.8. The molecular weight excluding hydrogens is 378 g/mol. The van der Waals surface area contributed by atoms with Crippen molar-refractivity contribution in [1.82, 2.24) is 4.90 Å². The molecule has 2 aromatic rings. The summed E-state index contributed by atoms with van der Waals surface area (Å²) in [6, 6.07) is 16.9. The molecule has 0 aliphatic heterocycles. The Morgan fingerprint density at radius 3 is 2.57 bits per heavy atom. The van der Waals surface area contributed by atoms with Crippen molar-refractivity contribution in [2.24, 2.45) is 5.92 Å². The predicted octanol–water partition coefficient (Wildman–Crippen LogP) is 2.80. The minimum absolute atomic E-state index is 0.0188. The fourth-order valence-corrected chi connectivity index (χ4v) is 3.78. The maximum atomic E-state index is 13.1. The third kappa shape index (κ3) is 5.56. The van der Waals surface area contributed by atoms with Crippen molar-refractivity contribution in [3.63, 3.8) is 0 Å². The van der Waals surface area contributed by atoms with Gasteiger partial charge in [-0.05, 0) is 35.6 Å². The van der Waals surface area contributed by atoms with E-state index in [0.717, 1.165) is 18.2 Å². The molecule has 1 fully saturated rings. The van der Waals surface area contributed by atoms with Gasteiger partial charge < -0.3 is 13.8 Å². The standard InChI is InChI=1S/C21H25NO5S/c1-26-12-11-22(15-16-7-6-10-18(13-16)27-28(2,24)25)21(23)20-14-19(20)17-8-4-3-5-9-17/h3-10,13,19-20H,11-12,14-15H2,1-2H3. The van der Waals surface area contributed by atoms with Crippen LogP contribution < -0.4 is 4.18 Å². The number of hydrogen-bond acceptors (Lipinski definition) is 5. The van der Waals surface area contributed by atoms with E-state index < -0.39 is 10.1 Å². The van der Waals surface area contributed by atoms with Gasteiger partial charge >= 0.3 is 10.1 Å². The second-order valence-corrected chi connectivity index (χ2v) is 8.62. The molecule has 1 aliphatic carbocycles. The highest BCUT2D eigenvalue weighted by Gasteiger charge is 2.45. The third-order valence-corrected chi connectivity index (χ3v) is 5.23. The highest BCUT2D eigenvalue weighted by atomic mass is 32.2. The zero-order valence-electron chi connectivity index (χ0n) is 16.1. The first-order valence-corrected chi connectivity index (χ1v) is 11.0. The lowest BCUT2D eigenvalue weighted by molar-refractivity contribution is -0.134. The van der Waals surface area contributed by atoms with Gasteiger partial charge in [0.1, 0.15) is 5.75 Å². The molecule has 28 heavy (non-hydrogen) atoms. The van der Waals surface area contributed by atoms with Crippen molar-refractivity contribution in [3.05, 3.63) is 65.7 Å². The molecule has 0 radical (unpaired) electrons. The van der Waals surface area contributed by atoms with Gasteiger partial charge in [0.05, 0.1) is 12.9 Å². The number of amides is 1. The van der Waals surface area contributed by atoms with Crippen LogP contribution in [0.1, 0.15) is 23.5 Å². The topological polar surface area (TPSA) is 72.9 Å². The van der Waals surface area contributed by atoms with Crippen LogP contribution in [0, 0.1) is 5.92 Å². The van der Waals surface area contributed by atoms with Gasteiger partial charge in [0.2, 0.25) is 5.91 Å². The summed E-state index contributed by atoms with van der Waals surface area (Å²) in [6.45, 7) is 1.29. The van der Waals surface area contributed by atoms with E-state index in [9.17, 15) is 13.2 Å². The maximum Gasteiger partial charge on any atom is 0.306 e. The molecule has 0 saturated heterocycles. The molecule has 0 aromatic heterocycles. The van der Waals surface area contributed by atoms with Gasteiger partial charge in [-0.25, -0.2) is 0 Å². The first-order valence-electron chi connectivity index (χ1n) is 9.18. The second kappa shape index (κ2) is 8.75. The maximum absolute atomic E-state index is 13.1. The van der Waals surface area contributed by atoms with Crippen molar-refractivity contribution in [2.45, 2.75) is 18.9 Å². The third-order valence-electron chi connectivity index (χ3n) is 4.73. The van der Waals surface area contributed by atoms with E-state index >= 15 is 0 Å². The quantitative estimate of drug-likeness (QED) is 0.602. The summed E-state index contributed by atoms with van der Waals surface area (Å²) in [7, 11) is -1.99. The van der Waals surface area contributed by atoms with Crippen LogP contribution in [0.3, 0.4) is 0 Å². The Hall–Kier alpha value is -2.38. The molecule has 3 rings (SSSR count). The molecule has 150 valence electrons. The van der Waals surface area contributed by atoms with Crippen molar-refractivity contribution < 1.29 is 22.1 Å². The predicted molar refractivity (Wildman–Crippen MR) is 106 cm³/mol. The van der Waals surface area contributed by atoms with E-state index in [1.807, 2.05) is 24.3 Å². The molecule has 2 atom stereocenters. The van der Waals surface area contributed by atoms with Gasteiger partial charge in [-0.15, -0.1) is 0 Å². The van der Waals surface area contributed by atoms with E-state index in [-0.39, 0.29) is 23.5 Å². The lowest BCUT2D eigenvalue weighted by Crippen LogP contribution is -2.34. The van der Waals surface area contributed by atoms with Crippen molar-refractivity contribution in [1.29, 1.82) is 0 Å². The largest absolute Gasteiger partial charge is 0.383 e. The molecule has 0 spiro atoms. The number of carbonyl (C=O) groups is 1. The molecule has 0 bridgehead atoms. The average molecular weight is 404 g/mol. The number of methoxy groups -OCH3 is 1. The lowest BCUT2D eigenvalue weighted by Gasteiger charge is -2.23. The number of nitrogens with zero attached hydrogens (tertiary/aromatic N) is 1. The highest BCUT2D eigenvalue weighted by Crippen LogP contribution is 2.48. The summed E-state index contributed by atoms with van der Waals surface area (Å²) in [4.78, 5) is 14.8. The number of benzene rings is 2. The Kier molecular flexibility index (Phi) is 6.36. The summed E-state index contributed by atoms with van der Waals surface area (Å²) >= 11 is 0. The molecule has 7 heteroatoms. The zero-order chi connectivity index (χ0) is 20.1. The second-order valence-electron chi connectivity index (χ2n) is 7.05. The van der Waals surface area contributed by atoms with Crippen LogP contribution in [0.25, 0.3) is 0 Å². The minimum Gasteiger partial charge on any atom is -0.383 e. The van der Waals surface area contributed by atoms with Crippen molar-refractivity contribution >= 4 is 16.0 Å². The van der Waals surface area contributed by atoms with Crippen LogP contribution in [0.2, 0.25) is 0 Å². The van der Waals surface area contributed by atoms with Gasteiger partial charge in [0.25, 0.3) is 0 Å². The van der Waals surface area contributed by atoms with E-state index in [1.165, 1.54) is 5.56 Å². The molecule has 1 saturated carbocycles. The Morgan fingerprint density at radius 2 is 1.89 bits per heavy atom. The monoisotopic (exact) mass is 403 g/mol.